The summed E-state index contributed by atoms with van der Waals surface area (Å²) in [6.07, 6.45) is 1.59. The summed E-state index contributed by atoms with van der Waals surface area (Å²) in [5, 5.41) is 16.2. The van der Waals surface area contributed by atoms with Crippen molar-refractivity contribution in [3.8, 4) is 10.6 Å². The van der Waals surface area contributed by atoms with Crippen molar-refractivity contribution in [1.29, 1.82) is 0 Å². The molecule has 1 aromatic carbocycles. The second kappa shape index (κ2) is 5.82. The Morgan fingerprint density at radius 1 is 1.12 bits per heavy atom. The fourth-order valence-corrected chi connectivity index (χ4v) is 3.11. The number of benzene rings is 1. The van der Waals surface area contributed by atoms with Gasteiger partial charge < -0.3 is 5.32 Å². The molecular weight excluding hydrogens is 324 g/mol. The average molecular weight is 336 g/mol. The number of carbonyl (C=O) groups excluding carboxylic acids is 1. The number of carbonyl (C=O) groups is 1. The van der Waals surface area contributed by atoms with E-state index in [1.54, 1.807) is 28.9 Å². The number of rotatable bonds is 3. The summed E-state index contributed by atoms with van der Waals surface area (Å²) in [6.45, 7) is 1.86. The molecule has 0 spiro atoms. The highest BCUT2D eigenvalue weighted by molar-refractivity contribution is 7.19. The maximum Gasteiger partial charge on any atom is 0.274 e. The van der Waals surface area contributed by atoms with E-state index in [1.807, 2.05) is 31.2 Å². The van der Waals surface area contributed by atoms with Gasteiger partial charge in [-0.25, -0.2) is 0 Å². The lowest BCUT2D eigenvalue weighted by atomic mass is 10.2. The van der Waals surface area contributed by atoms with E-state index in [1.165, 1.54) is 11.3 Å². The van der Waals surface area contributed by atoms with Crippen molar-refractivity contribution >= 4 is 27.9 Å². The summed E-state index contributed by atoms with van der Waals surface area (Å²) in [7, 11) is 0. The van der Waals surface area contributed by atoms with Crippen LogP contribution in [0.3, 0.4) is 0 Å². The molecule has 4 aromatic rings. The van der Waals surface area contributed by atoms with Gasteiger partial charge in [-0.15, -0.1) is 10.2 Å². The van der Waals surface area contributed by atoms with Crippen molar-refractivity contribution < 1.29 is 4.79 Å². The van der Waals surface area contributed by atoms with E-state index in [4.69, 9.17) is 0 Å². The zero-order valence-corrected chi connectivity index (χ0v) is 13.5. The second-order valence-electron chi connectivity index (χ2n) is 5.10. The van der Waals surface area contributed by atoms with Crippen LogP contribution in [0.4, 0.5) is 5.69 Å². The molecule has 0 radical (unpaired) electrons. The Morgan fingerprint density at radius 2 is 1.96 bits per heavy atom. The number of pyridine rings is 1. The Hall–Kier alpha value is -3.13. The Morgan fingerprint density at radius 3 is 2.67 bits per heavy atom. The molecule has 0 saturated heterocycles. The van der Waals surface area contributed by atoms with Gasteiger partial charge in [-0.05, 0) is 43.3 Å². The lowest BCUT2D eigenvalue weighted by Crippen LogP contribution is -2.13. The summed E-state index contributed by atoms with van der Waals surface area (Å²) >= 11 is 1.47. The zero-order chi connectivity index (χ0) is 16.5. The van der Waals surface area contributed by atoms with Gasteiger partial charge in [0.15, 0.2) is 5.82 Å². The predicted octanol–water partition coefficient (Wildman–Crippen LogP) is 2.81. The molecule has 0 aliphatic heterocycles. The molecule has 3 aromatic heterocycles. The third-order valence-electron chi connectivity index (χ3n) is 3.43. The number of hydrogen-bond donors (Lipinski definition) is 1. The van der Waals surface area contributed by atoms with E-state index in [0.717, 1.165) is 21.4 Å². The van der Waals surface area contributed by atoms with Crippen LogP contribution in [0.1, 0.15) is 16.3 Å². The molecule has 8 heteroatoms. The largest absolute Gasteiger partial charge is 0.321 e. The third-order valence-corrected chi connectivity index (χ3v) is 4.38. The van der Waals surface area contributed by atoms with Gasteiger partial charge in [-0.2, -0.15) is 9.61 Å². The first kappa shape index (κ1) is 14.5. The van der Waals surface area contributed by atoms with Crippen molar-refractivity contribution in [1.82, 2.24) is 24.8 Å². The monoisotopic (exact) mass is 336 g/mol. The topological polar surface area (TPSA) is 85.1 Å². The molecule has 0 fully saturated rings. The Labute approximate surface area is 141 Å². The quantitative estimate of drug-likeness (QED) is 0.622. The number of aryl methyl sites for hydroxylation is 1. The van der Waals surface area contributed by atoms with E-state index in [0.29, 0.717) is 11.4 Å². The fourth-order valence-electron chi connectivity index (χ4n) is 2.22. The minimum absolute atomic E-state index is 0.238. The van der Waals surface area contributed by atoms with Gasteiger partial charge in [-0.1, -0.05) is 17.4 Å². The highest BCUT2D eigenvalue weighted by Crippen LogP contribution is 2.26. The van der Waals surface area contributed by atoms with Gasteiger partial charge in [0.25, 0.3) is 5.91 Å². The number of anilines is 1. The smallest absolute Gasteiger partial charge is 0.274 e. The lowest BCUT2D eigenvalue weighted by molar-refractivity contribution is 0.102. The molecule has 0 atom stereocenters. The number of hydrogen-bond acceptors (Lipinski definition) is 6. The number of amides is 1. The van der Waals surface area contributed by atoms with E-state index in [9.17, 15) is 4.79 Å². The van der Waals surface area contributed by atoms with Crippen molar-refractivity contribution in [3.05, 3.63) is 60.2 Å². The predicted molar refractivity (Wildman–Crippen MR) is 91.0 cm³/mol. The van der Waals surface area contributed by atoms with Crippen LogP contribution in [-0.4, -0.2) is 30.7 Å². The number of fused-ring (bicyclic) bond motifs is 1. The Bertz CT molecular complexity index is 1010. The molecule has 0 saturated carbocycles. The molecule has 0 aliphatic carbocycles. The molecule has 3 heterocycles. The lowest BCUT2D eigenvalue weighted by Gasteiger charge is -2.05. The summed E-state index contributed by atoms with van der Waals surface area (Å²) in [6, 6.07) is 12.7. The minimum atomic E-state index is -0.238. The highest BCUT2D eigenvalue weighted by atomic mass is 32.1. The normalized spacial score (nSPS) is 10.9. The van der Waals surface area contributed by atoms with Gasteiger partial charge in [0.05, 0.1) is 0 Å². The van der Waals surface area contributed by atoms with Crippen LogP contribution in [0.2, 0.25) is 0 Å². The second-order valence-corrected chi connectivity index (χ2v) is 6.05. The Balaban J connectivity index is 1.55. The minimum Gasteiger partial charge on any atom is -0.321 e. The summed E-state index contributed by atoms with van der Waals surface area (Å²) < 4.78 is 1.72. The average Bonchev–Trinajstić information content (AvgIpc) is 3.19. The first-order chi connectivity index (χ1) is 11.7. The van der Waals surface area contributed by atoms with Gasteiger partial charge in [0, 0.05) is 17.4 Å². The van der Waals surface area contributed by atoms with E-state index >= 15 is 0 Å². The molecule has 7 nitrogen and oxygen atoms in total. The molecule has 0 unspecified atom stereocenters. The standard InChI is InChI=1S/C16H12N6OS/c1-10-19-20-16-22(10)21-15(24-16)11-5-7-12(8-6-11)18-14(23)13-4-2-3-9-17-13/h2-9H,1H3,(H,18,23). The summed E-state index contributed by atoms with van der Waals surface area (Å²) in [4.78, 5) is 16.9. The molecule has 4 rings (SSSR count). The van der Waals surface area contributed by atoms with Crippen LogP contribution < -0.4 is 5.32 Å². The van der Waals surface area contributed by atoms with E-state index in [-0.39, 0.29) is 5.91 Å². The first-order valence-electron chi connectivity index (χ1n) is 7.22. The van der Waals surface area contributed by atoms with Gasteiger partial charge in [-0.3, -0.25) is 9.78 Å². The molecular formula is C16H12N6OS. The summed E-state index contributed by atoms with van der Waals surface area (Å²) in [5.74, 6) is 0.518. The van der Waals surface area contributed by atoms with Crippen molar-refractivity contribution in [2.45, 2.75) is 6.92 Å². The SMILES string of the molecule is Cc1nnc2sc(-c3ccc(NC(=O)c4ccccn4)cc3)nn12. The van der Waals surface area contributed by atoms with E-state index in [2.05, 4.69) is 25.6 Å². The number of aromatic nitrogens is 5. The number of nitrogens with one attached hydrogen (secondary N) is 1. The fraction of sp³-hybridized carbons (Fsp3) is 0.0625. The van der Waals surface area contributed by atoms with Crippen molar-refractivity contribution in [2.75, 3.05) is 5.32 Å². The highest BCUT2D eigenvalue weighted by Gasteiger charge is 2.11. The van der Waals surface area contributed by atoms with Gasteiger partial charge in [0.2, 0.25) is 4.96 Å². The van der Waals surface area contributed by atoms with Crippen molar-refractivity contribution in [3.63, 3.8) is 0 Å². The molecule has 1 amide bonds. The van der Waals surface area contributed by atoms with Crippen LogP contribution in [0, 0.1) is 6.92 Å². The summed E-state index contributed by atoms with van der Waals surface area (Å²) in [5.41, 5.74) is 2.04. The first-order valence-corrected chi connectivity index (χ1v) is 8.04. The maximum absolute atomic E-state index is 12.1. The van der Waals surface area contributed by atoms with Crippen LogP contribution in [-0.2, 0) is 0 Å². The molecule has 0 bridgehead atoms. The zero-order valence-electron chi connectivity index (χ0n) is 12.7. The molecule has 118 valence electrons. The van der Waals surface area contributed by atoms with Crippen LogP contribution in [0.5, 0.6) is 0 Å². The van der Waals surface area contributed by atoms with Gasteiger partial charge >= 0.3 is 0 Å². The molecule has 1 N–H and O–H groups in total. The van der Waals surface area contributed by atoms with Crippen LogP contribution in [0.15, 0.2) is 48.7 Å². The Kier molecular flexibility index (Phi) is 3.51. The van der Waals surface area contributed by atoms with Crippen LogP contribution in [0.25, 0.3) is 15.5 Å². The molecule has 0 aliphatic rings. The maximum atomic E-state index is 12.1. The van der Waals surface area contributed by atoms with Gasteiger partial charge in [0.1, 0.15) is 10.7 Å². The van der Waals surface area contributed by atoms with E-state index < -0.39 is 0 Å². The van der Waals surface area contributed by atoms with Crippen molar-refractivity contribution in [2.24, 2.45) is 0 Å². The third kappa shape index (κ3) is 2.63. The van der Waals surface area contributed by atoms with Crippen LogP contribution >= 0.6 is 11.3 Å². The number of nitrogens with zero attached hydrogens (tertiary/aromatic N) is 5. The molecule has 24 heavy (non-hydrogen) atoms.